The molecule has 0 spiro atoms. The molecule has 0 unspecified atom stereocenters. The van der Waals surface area contributed by atoms with Gasteiger partial charge in [-0.1, -0.05) is 30.3 Å². The molecule has 0 aliphatic heterocycles. The van der Waals surface area contributed by atoms with Crippen LogP contribution in [0.15, 0.2) is 30.3 Å². The summed E-state index contributed by atoms with van der Waals surface area (Å²) in [6, 6.07) is 9.10. The smallest absolute Gasteiger partial charge is 0.368 e. The highest BCUT2D eigenvalue weighted by Crippen LogP contribution is 2.59. The molecule has 0 heterocycles. The maximum Gasteiger partial charge on any atom is 0.368 e. The molecule has 112 valence electrons. The van der Waals surface area contributed by atoms with Gasteiger partial charge in [0.2, 0.25) is 11.9 Å². The van der Waals surface area contributed by atoms with E-state index >= 15 is 0 Å². The third-order valence-corrected chi connectivity index (χ3v) is 5.38. The molecule has 0 radical (unpaired) electrons. The number of rotatable bonds is 8. The Hall–Kier alpha value is -1.27. The van der Waals surface area contributed by atoms with Gasteiger partial charge in [0.15, 0.2) is 0 Å². The minimum Gasteiger partial charge on any atom is -0.372 e. The molecule has 1 rings (SSSR count). The van der Waals surface area contributed by atoms with Crippen molar-refractivity contribution in [3.8, 4) is 0 Å². The Kier molecular flexibility index (Phi) is 5.83. The van der Waals surface area contributed by atoms with Gasteiger partial charge in [-0.3, -0.25) is 14.7 Å². The summed E-state index contributed by atoms with van der Waals surface area (Å²) in [7, 11) is -1.79. The molecule has 0 saturated carbocycles. The van der Waals surface area contributed by atoms with Crippen molar-refractivity contribution >= 4 is 7.60 Å². The number of aliphatic hydroxyl groups is 1. The summed E-state index contributed by atoms with van der Waals surface area (Å²) in [4.78, 5) is 9.99. The summed E-state index contributed by atoms with van der Waals surface area (Å²) in [6.45, 7) is -0.904. The Balaban J connectivity index is 2.94. The summed E-state index contributed by atoms with van der Waals surface area (Å²) in [5.74, 6) is 0. The van der Waals surface area contributed by atoms with E-state index in [0.717, 1.165) is 19.8 Å². The molecule has 0 fully saturated rings. The van der Waals surface area contributed by atoms with Crippen LogP contribution in [0.4, 0.5) is 0 Å². The highest BCUT2D eigenvalue weighted by Gasteiger charge is 2.52. The summed E-state index contributed by atoms with van der Waals surface area (Å²) in [5, 5.41) is 19.0. The summed E-state index contributed by atoms with van der Waals surface area (Å²) >= 11 is 0. The molecule has 20 heavy (non-hydrogen) atoms. The highest BCUT2D eigenvalue weighted by atomic mass is 31.2. The van der Waals surface area contributed by atoms with Crippen LogP contribution in [-0.4, -0.2) is 36.1 Å². The fourth-order valence-corrected chi connectivity index (χ4v) is 3.42. The summed E-state index contributed by atoms with van der Waals surface area (Å²) < 4.78 is 21.8. The molecule has 1 N–H and O–H groups in total. The first-order valence-corrected chi connectivity index (χ1v) is 7.51. The average Bonchev–Trinajstić information content (AvgIpc) is 2.44. The molecule has 0 aromatic heterocycles. The van der Waals surface area contributed by atoms with Gasteiger partial charge in [0.1, 0.15) is 0 Å². The summed E-state index contributed by atoms with van der Waals surface area (Å²) in [6.07, 6.45) is 0.221. The van der Waals surface area contributed by atoms with E-state index in [-0.39, 0.29) is 6.42 Å². The minimum absolute atomic E-state index is 0.100. The molecule has 8 heteroatoms. The van der Waals surface area contributed by atoms with Crippen LogP contribution < -0.4 is 0 Å². The van der Waals surface area contributed by atoms with Crippen molar-refractivity contribution in [1.29, 1.82) is 0 Å². The lowest BCUT2D eigenvalue weighted by molar-refractivity contribution is -0.495. The van der Waals surface area contributed by atoms with Crippen LogP contribution in [0.25, 0.3) is 0 Å². The van der Waals surface area contributed by atoms with E-state index in [1.54, 1.807) is 0 Å². The molecule has 0 amide bonds. The van der Waals surface area contributed by atoms with Crippen LogP contribution in [-0.2, 0) is 20.0 Å². The molecule has 0 bridgehead atoms. The predicted octanol–water partition coefficient (Wildman–Crippen LogP) is 2.07. The van der Waals surface area contributed by atoms with Crippen molar-refractivity contribution in [1.82, 2.24) is 0 Å². The second kappa shape index (κ2) is 6.95. The average molecular weight is 303 g/mol. The van der Waals surface area contributed by atoms with Crippen LogP contribution in [0.1, 0.15) is 12.0 Å². The van der Waals surface area contributed by atoms with Crippen LogP contribution in [0.5, 0.6) is 0 Å². The van der Waals surface area contributed by atoms with E-state index in [9.17, 15) is 19.8 Å². The fraction of sp³-hybridized carbons (Fsp3) is 0.500. The Morgan fingerprint density at radius 1 is 1.30 bits per heavy atom. The number of aryl methyl sites for hydroxylation is 1. The van der Waals surface area contributed by atoms with Crippen molar-refractivity contribution in [2.45, 2.75) is 18.2 Å². The standard InChI is InChI=1S/C12H18NO6P/c1-18-20(17,19-2)12(14,10-13(15)16)9-8-11-6-4-3-5-7-11/h3-7,14H,8-10H2,1-2H3/t12-/m0/s1. The number of nitrogens with zero attached hydrogens (tertiary/aromatic N) is 1. The topological polar surface area (TPSA) is 98.9 Å². The van der Waals surface area contributed by atoms with E-state index in [2.05, 4.69) is 0 Å². The maximum absolute atomic E-state index is 12.3. The van der Waals surface area contributed by atoms with Gasteiger partial charge >= 0.3 is 7.60 Å². The van der Waals surface area contributed by atoms with Gasteiger partial charge in [0, 0.05) is 19.1 Å². The molecule has 1 atom stereocenters. The van der Waals surface area contributed by atoms with Gasteiger partial charge < -0.3 is 14.2 Å². The van der Waals surface area contributed by atoms with E-state index in [1.807, 2.05) is 30.3 Å². The molecule has 0 saturated heterocycles. The Morgan fingerprint density at radius 2 is 1.85 bits per heavy atom. The Bertz CT molecular complexity index is 486. The Labute approximate surface area is 117 Å². The number of hydrogen-bond acceptors (Lipinski definition) is 6. The van der Waals surface area contributed by atoms with E-state index in [1.165, 1.54) is 0 Å². The highest BCUT2D eigenvalue weighted by molar-refractivity contribution is 7.55. The first-order valence-electron chi connectivity index (χ1n) is 5.96. The lowest BCUT2D eigenvalue weighted by Gasteiger charge is -2.29. The summed E-state index contributed by atoms with van der Waals surface area (Å²) in [5.41, 5.74) is 0.869. The first kappa shape index (κ1) is 16.8. The predicted molar refractivity (Wildman–Crippen MR) is 73.2 cm³/mol. The zero-order valence-electron chi connectivity index (χ0n) is 11.4. The molecule has 1 aromatic carbocycles. The van der Waals surface area contributed by atoms with Crippen molar-refractivity contribution in [3.05, 3.63) is 46.0 Å². The zero-order chi connectivity index (χ0) is 15.2. The van der Waals surface area contributed by atoms with Crippen LogP contribution in [0.2, 0.25) is 0 Å². The first-order chi connectivity index (χ1) is 9.37. The third kappa shape index (κ3) is 3.86. The SMILES string of the molecule is COP(=O)(OC)[C@@](O)(CCc1ccccc1)C[N+](=O)[O-]. The third-order valence-electron chi connectivity index (χ3n) is 3.03. The van der Waals surface area contributed by atoms with Crippen LogP contribution in [0, 0.1) is 10.1 Å². The fourth-order valence-electron chi connectivity index (χ4n) is 1.91. The van der Waals surface area contributed by atoms with Gasteiger partial charge in [-0.05, 0) is 18.4 Å². The zero-order valence-corrected chi connectivity index (χ0v) is 12.3. The second-order valence-corrected chi connectivity index (χ2v) is 6.88. The van der Waals surface area contributed by atoms with Gasteiger partial charge in [0.05, 0.1) is 0 Å². The quantitative estimate of drug-likeness (QED) is 0.448. The van der Waals surface area contributed by atoms with Crippen molar-refractivity contribution in [3.63, 3.8) is 0 Å². The lowest BCUT2D eigenvalue weighted by Crippen LogP contribution is -2.38. The van der Waals surface area contributed by atoms with Gasteiger partial charge in [0.25, 0.3) is 0 Å². The van der Waals surface area contributed by atoms with E-state index in [0.29, 0.717) is 6.42 Å². The molecular weight excluding hydrogens is 285 g/mol. The molecule has 7 nitrogen and oxygen atoms in total. The molecular formula is C12H18NO6P. The second-order valence-electron chi connectivity index (χ2n) is 4.32. The van der Waals surface area contributed by atoms with Crippen LogP contribution >= 0.6 is 7.60 Å². The monoisotopic (exact) mass is 303 g/mol. The largest absolute Gasteiger partial charge is 0.372 e. The normalized spacial score (nSPS) is 14.8. The number of nitro groups is 1. The Morgan fingerprint density at radius 3 is 2.30 bits per heavy atom. The van der Waals surface area contributed by atoms with Crippen molar-refractivity contribution in [2.24, 2.45) is 0 Å². The van der Waals surface area contributed by atoms with Crippen molar-refractivity contribution < 1.29 is 23.6 Å². The maximum atomic E-state index is 12.3. The van der Waals surface area contributed by atoms with Gasteiger partial charge in [-0.15, -0.1) is 0 Å². The molecule has 0 aliphatic carbocycles. The number of benzene rings is 1. The van der Waals surface area contributed by atoms with Crippen molar-refractivity contribution in [2.75, 3.05) is 20.8 Å². The van der Waals surface area contributed by atoms with E-state index in [4.69, 9.17) is 9.05 Å². The van der Waals surface area contributed by atoms with Gasteiger partial charge in [-0.2, -0.15) is 0 Å². The molecule has 1 aromatic rings. The van der Waals surface area contributed by atoms with Crippen LogP contribution in [0.3, 0.4) is 0 Å². The van der Waals surface area contributed by atoms with E-state index < -0.39 is 24.4 Å². The lowest BCUT2D eigenvalue weighted by atomic mass is 10.1. The van der Waals surface area contributed by atoms with Gasteiger partial charge in [-0.25, -0.2) is 0 Å². The molecule has 0 aliphatic rings. The number of hydrogen-bond donors (Lipinski definition) is 1. The minimum atomic E-state index is -3.98.